The zero-order valence-corrected chi connectivity index (χ0v) is 11.7. The second kappa shape index (κ2) is 4.15. The highest BCUT2D eigenvalue weighted by atomic mass is 16.5. The van der Waals surface area contributed by atoms with E-state index in [0.717, 1.165) is 12.3 Å². The first-order chi connectivity index (χ1) is 9.04. The lowest BCUT2D eigenvalue weighted by Crippen LogP contribution is -2.37. The number of nitrogens with two attached hydrogens (primary N) is 1. The molecule has 19 heavy (non-hydrogen) atoms. The average molecular weight is 259 g/mol. The Labute approximate surface area is 114 Å². The number of guanidine groups is 1. The van der Waals surface area contributed by atoms with Crippen molar-refractivity contribution in [1.82, 2.24) is 5.32 Å². The average Bonchev–Trinajstić information content (AvgIpc) is 2.73. The maximum atomic E-state index is 5.73. The zero-order chi connectivity index (χ0) is 13.6. The van der Waals surface area contributed by atoms with Crippen LogP contribution in [0, 0.1) is 11.3 Å². The Kier molecular flexibility index (Phi) is 2.69. The largest absolute Gasteiger partial charge is 0.497 e. The molecule has 1 heterocycles. The van der Waals surface area contributed by atoms with Crippen LogP contribution in [0.5, 0.6) is 5.75 Å². The Morgan fingerprint density at radius 1 is 1.42 bits per heavy atom. The fourth-order valence-electron chi connectivity index (χ4n) is 3.58. The van der Waals surface area contributed by atoms with Gasteiger partial charge >= 0.3 is 0 Å². The molecule has 3 N–H and O–H groups in total. The summed E-state index contributed by atoms with van der Waals surface area (Å²) in [4.78, 5) is 4.26. The van der Waals surface area contributed by atoms with Crippen LogP contribution in [-0.4, -0.2) is 25.7 Å². The van der Waals surface area contributed by atoms with E-state index in [1.807, 2.05) is 6.07 Å². The zero-order valence-electron chi connectivity index (χ0n) is 11.7. The van der Waals surface area contributed by atoms with Gasteiger partial charge in [-0.2, -0.15) is 0 Å². The molecule has 1 fully saturated rings. The molecule has 3 atom stereocenters. The molecule has 0 spiro atoms. The van der Waals surface area contributed by atoms with Crippen LogP contribution in [0.3, 0.4) is 0 Å². The van der Waals surface area contributed by atoms with Crippen molar-refractivity contribution in [1.29, 1.82) is 0 Å². The molecular formula is C15H21N3O. The van der Waals surface area contributed by atoms with E-state index in [9.17, 15) is 0 Å². The van der Waals surface area contributed by atoms with Crippen LogP contribution >= 0.6 is 0 Å². The summed E-state index contributed by atoms with van der Waals surface area (Å²) in [6, 6.07) is 8.75. The molecule has 0 aromatic heterocycles. The first-order valence-corrected chi connectivity index (χ1v) is 6.74. The van der Waals surface area contributed by atoms with Gasteiger partial charge in [-0.3, -0.25) is 4.99 Å². The predicted molar refractivity (Wildman–Crippen MR) is 76.4 cm³/mol. The minimum Gasteiger partial charge on any atom is -0.497 e. The van der Waals surface area contributed by atoms with Gasteiger partial charge in [-0.1, -0.05) is 26.0 Å². The number of methoxy groups -OCH3 is 1. The van der Waals surface area contributed by atoms with E-state index in [-0.39, 0.29) is 5.41 Å². The first-order valence-electron chi connectivity index (χ1n) is 6.74. The van der Waals surface area contributed by atoms with E-state index in [2.05, 4.69) is 42.4 Å². The molecule has 3 rings (SSSR count). The molecule has 1 aromatic rings. The molecule has 0 saturated heterocycles. The summed E-state index contributed by atoms with van der Waals surface area (Å²) >= 11 is 0. The lowest BCUT2D eigenvalue weighted by molar-refractivity contribution is 0.414. The minimum atomic E-state index is 0.282. The maximum absolute atomic E-state index is 5.73. The van der Waals surface area contributed by atoms with Gasteiger partial charge < -0.3 is 15.8 Å². The fraction of sp³-hybridized carbons (Fsp3) is 0.533. The number of ether oxygens (including phenoxy) is 1. The molecule has 102 valence electrons. The van der Waals surface area contributed by atoms with Gasteiger partial charge in [0.05, 0.1) is 19.7 Å². The number of rotatable bonds is 3. The van der Waals surface area contributed by atoms with Gasteiger partial charge in [0.1, 0.15) is 5.75 Å². The third-order valence-corrected chi connectivity index (χ3v) is 4.59. The Morgan fingerprint density at radius 3 is 2.84 bits per heavy atom. The molecule has 0 amide bonds. The monoisotopic (exact) mass is 259 g/mol. The standard InChI is InChI=1S/C15H21N3O/c1-15(2)12(9-5-4-6-10(7-9)19-3)13(15)11-8-17-14(16)18-11/h4-7,11-13H,8H2,1-3H3,(H3,16,17,18)/t11?,12-,13-/m1/s1. The summed E-state index contributed by atoms with van der Waals surface area (Å²) in [5.41, 5.74) is 7.36. The molecule has 1 aliphatic heterocycles. The van der Waals surface area contributed by atoms with Gasteiger partial charge in [0.25, 0.3) is 0 Å². The van der Waals surface area contributed by atoms with Crippen LogP contribution in [0.4, 0.5) is 0 Å². The van der Waals surface area contributed by atoms with E-state index in [0.29, 0.717) is 23.8 Å². The number of aliphatic imine (C=N–C) groups is 1. The van der Waals surface area contributed by atoms with Crippen molar-refractivity contribution < 1.29 is 4.74 Å². The topological polar surface area (TPSA) is 59.6 Å². The lowest BCUT2D eigenvalue weighted by Gasteiger charge is -2.11. The van der Waals surface area contributed by atoms with Crippen molar-refractivity contribution in [2.75, 3.05) is 13.7 Å². The molecule has 0 radical (unpaired) electrons. The molecule has 1 unspecified atom stereocenters. The quantitative estimate of drug-likeness (QED) is 0.869. The number of hydrogen-bond donors (Lipinski definition) is 2. The van der Waals surface area contributed by atoms with E-state index in [4.69, 9.17) is 10.5 Å². The van der Waals surface area contributed by atoms with Crippen LogP contribution in [0.2, 0.25) is 0 Å². The predicted octanol–water partition coefficient (Wildman–Crippen LogP) is 1.72. The van der Waals surface area contributed by atoms with Crippen molar-refractivity contribution in [3.8, 4) is 5.75 Å². The van der Waals surface area contributed by atoms with Crippen molar-refractivity contribution in [2.24, 2.45) is 22.1 Å². The molecule has 4 heteroatoms. The lowest BCUT2D eigenvalue weighted by atomic mass is 10.0. The molecule has 4 nitrogen and oxygen atoms in total. The smallest absolute Gasteiger partial charge is 0.188 e. The first kappa shape index (κ1) is 12.3. The number of benzene rings is 1. The second-order valence-corrected chi connectivity index (χ2v) is 6.08. The molecule has 1 aromatic carbocycles. The summed E-state index contributed by atoms with van der Waals surface area (Å²) in [5, 5.41) is 3.30. The van der Waals surface area contributed by atoms with Gasteiger partial charge in [-0.15, -0.1) is 0 Å². The highest BCUT2D eigenvalue weighted by Gasteiger charge is 2.61. The van der Waals surface area contributed by atoms with Crippen molar-refractivity contribution >= 4 is 5.96 Å². The minimum absolute atomic E-state index is 0.282. The van der Waals surface area contributed by atoms with Gasteiger partial charge in [-0.25, -0.2) is 0 Å². The molecule has 1 saturated carbocycles. The second-order valence-electron chi connectivity index (χ2n) is 6.08. The van der Waals surface area contributed by atoms with E-state index in [1.54, 1.807) is 7.11 Å². The molecule has 0 bridgehead atoms. The summed E-state index contributed by atoms with van der Waals surface area (Å²) in [6.07, 6.45) is 0. The highest BCUT2D eigenvalue weighted by Crippen LogP contribution is 2.66. The summed E-state index contributed by atoms with van der Waals surface area (Å²) in [6.45, 7) is 5.43. The van der Waals surface area contributed by atoms with Crippen LogP contribution in [0.25, 0.3) is 0 Å². The van der Waals surface area contributed by atoms with Gasteiger partial charge in [0.15, 0.2) is 5.96 Å². The number of nitrogens with zero attached hydrogens (tertiary/aromatic N) is 1. The molecular weight excluding hydrogens is 238 g/mol. The van der Waals surface area contributed by atoms with Crippen molar-refractivity contribution in [3.05, 3.63) is 29.8 Å². The molecule has 2 aliphatic rings. The van der Waals surface area contributed by atoms with Gasteiger partial charge in [0.2, 0.25) is 0 Å². The maximum Gasteiger partial charge on any atom is 0.188 e. The Balaban J connectivity index is 1.81. The summed E-state index contributed by atoms with van der Waals surface area (Å²) in [7, 11) is 1.71. The summed E-state index contributed by atoms with van der Waals surface area (Å²) in [5.74, 6) is 2.62. The van der Waals surface area contributed by atoms with Crippen LogP contribution in [0.1, 0.15) is 25.3 Å². The third-order valence-electron chi connectivity index (χ3n) is 4.59. The Hall–Kier alpha value is -1.71. The van der Waals surface area contributed by atoms with E-state index >= 15 is 0 Å². The van der Waals surface area contributed by atoms with Crippen molar-refractivity contribution in [3.63, 3.8) is 0 Å². The highest BCUT2D eigenvalue weighted by molar-refractivity contribution is 5.80. The van der Waals surface area contributed by atoms with Crippen LogP contribution < -0.4 is 15.8 Å². The summed E-state index contributed by atoms with van der Waals surface area (Å²) < 4.78 is 5.32. The molecule has 1 aliphatic carbocycles. The SMILES string of the molecule is COc1cccc([C@@H]2[C@@H](C3CN=C(N)N3)C2(C)C)c1. The van der Waals surface area contributed by atoms with Gasteiger partial charge in [-0.05, 0) is 34.9 Å². The number of nitrogens with one attached hydrogen (secondary N) is 1. The Morgan fingerprint density at radius 2 is 2.21 bits per heavy atom. The van der Waals surface area contributed by atoms with Crippen LogP contribution in [0.15, 0.2) is 29.3 Å². The van der Waals surface area contributed by atoms with Crippen LogP contribution in [-0.2, 0) is 0 Å². The van der Waals surface area contributed by atoms with E-state index in [1.165, 1.54) is 5.56 Å². The fourth-order valence-corrected chi connectivity index (χ4v) is 3.58. The normalized spacial score (nSPS) is 31.5. The third kappa shape index (κ3) is 1.95. The van der Waals surface area contributed by atoms with Gasteiger partial charge in [0, 0.05) is 0 Å². The Bertz CT molecular complexity index is 524. The van der Waals surface area contributed by atoms with Crippen molar-refractivity contribution in [2.45, 2.75) is 25.8 Å². The van der Waals surface area contributed by atoms with E-state index < -0.39 is 0 Å². The number of hydrogen-bond acceptors (Lipinski definition) is 4.